The standard InChI is InChI=1S/C48H47NS/c1-45(2)21-22-46(3,4)39-27-35(16-19-37(39)45)49(34-13-9-6-10-14-34)36-17-20-41-40(28-36)48(43-24-30-23-33-26-44(48)47(33,43)29-30)38-18-15-32(25-42(38)50-41)31-11-7-5-8-12-31/h5-20,25,27-28,30,33,43-44H,21-24,26,29H2,1-4H3. The first-order valence-electron chi connectivity index (χ1n) is 19.2. The fraction of sp³-hybridized carbons (Fsp3) is 0.375. The minimum Gasteiger partial charge on any atom is -0.310 e. The van der Waals surface area contributed by atoms with Crippen molar-refractivity contribution in [2.45, 2.75) is 92.3 Å². The zero-order valence-corrected chi connectivity index (χ0v) is 30.7. The lowest BCUT2D eigenvalue weighted by molar-refractivity contribution is -0.235. The highest BCUT2D eigenvalue weighted by Gasteiger charge is 2.84. The second-order valence-electron chi connectivity index (χ2n) is 18.1. The van der Waals surface area contributed by atoms with E-state index in [-0.39, 0.29) is 16.2 Å². The maximum absolute atomic E-state index is 2.66. The van der Waals surface area contributed by atoms with E-state index in [0.717, 1.165) is 23.7 Å². The van der Waals surface area contributed by atoms with Crippen LogP contribution in [0.4, 0.5) is 17.1 Å². The summed E-state index contributed by atoms with van der Waals surface area (Å²) in [6.07, 6.45) is 8.28. The first-order chi connectivity index (χ1) is 24.2. The van der Waals surface area contributed by atoms with Crippen LogP contribution in [0.1, 0.15) is 88.5 Å². The third-order valence-electron chi connectivity index (χ3n) is 15.0. The molecule has 0 saturated heterocycles. The summed E-state index contributed by atoms with van der Waals surface area (Å²) >= 11 is 2.03. The van der Waals surface area contributed by atoms with Crippen molar-refractivity contribution in [2.75, 3.05) is 4.90 Å². The summed E-state index contributed by atoms with van der Waals surface area (Å²) in [7, 11) is 0. The third kappa shape index (κ3) is 3.72. The molecule has 4 saturated carbocycles. The Labute approximate surface area is 302 Å². The zero-order chi connectivity index (χ0) is 33.6. The van der Waals surface area contributed by atoms with E-state index in [1.54, 1.807) is 11.1 Å². The van der Waals surface area contributed by atoms with Crippen molar-refractivity contribution >= 4 is 28.8 Å². The molecule has 6 atom stereocenters. The largest absolute Gasteiger partial charge is 0.310 e. The first kappa shape index (κ1) is 29.9. The van der Waals surface area contributed by atoms with Gasteiger partial charge in [0.25, 0.3) is 0 Å². The maximum atomic E-state index is 2.66. The molecule has 5 aromatic carbocycles. The average Bonchev–Trinajstić information content (AvgIpc) is 3.66. The van der Waals surface area contributed by atoms with Crippen molar-refractivity contribution in [3.05, 3.63) is 138 Å². The summed E-state index contributed by atoms with van der Waals surface area (Å²) in [4.78, 5) is 5.53. The topological polar surface area (TPSA) is 3.24 Å². The normalized spacial score (nSPS) is 31.1. The lowest BCUT2D eigenvalue weighted by atomic mass is 9.26. The molecule has 0 aromatic heterocycles. The van der Waals surface area contributed by atoms with Crippen molar-refractivity contribution in [2.24, 2.45) is 29.1 Å². The molecule has 0 radical (unpaired) electrons. The predicted octanol–water partition coefficient (Wildman–Crippen LogP) is 13.0. The van der Waals surface area contributed by atoms with Gasteiger partial charge in [0.1, 0.15) is 0 Å². The Balaban J connectivity index is 1.10. The quantitative estimate of drug-likeness (QED) is 0.187. The van der Waals surface area contributed by atoms with Gasteiger partial charge in [0.2, 0.25) is 0 Å². The van der Waals surface area contributed by atoms with Gasteiger partial charge in [-0.1, -0.05) is 106 Å². The van der Waals surface area contributed by atoms with Gasteiger partial charge in [-0.25, -0.2) is 0 Å². The van der Waals surface area contributed by atoms with Gasteiger partial charge in [0, 0.05) is 32.3 Å². The van der Waals surface area contributed by atoms with Crippen LogP contribution >= 0.6 is 11.8 Å². The van der Waals surface area contributed by atoms with Crippen LogP contribution in [0.2, 0.25) is 0 Å². The van der Waals surface area contributed by atoms with E-state index in [9.17, 15) is 0 Å². The Hall–Kier alpha value is -3.75. The minimum absolute atomic E-state index is 0.122. The predicted molar refractivity (Wildman–Crippen MR) is 208 cm³/mol. The van der Waals surface area contributed by atoms with Crippen LogP contribution in [0.3, 0.4) is 0 Å². The highest BCUT2D eigenvalue weighted by Crippen LogP contribution is 2.89. The van der Waals surface area contributed by atoms with Crippen LogP contribution in [0, 0.1) is 29.1 Å². The average molecular weight is 670 g/mol. The molecule has 11 rings (SSSR count). The van der Waals surface area contributed by atoms with Crippen molar-refractivity contribution in [1.29, 1.82) is 0 Å². The van der Waals surface area contributed by atoms with Gasteiger partial charge in [0.05, 0.1) is 0 Å². The second-order valence-corrected chi connectivity index (χ2v) is 19.2. The van der Waals surface area contributed by atoms with Gasteiger partial charge >= 0.3 is 0 Å². The van der Waals surface area contributed by atoms with Crippen molar-refractivity contribution in [3.8, 4) is 11.1 Å². The van der Waals surface area contributed by atoms with Gasteiger partial charge in [0.15, 0.2) is 0 Å². The molecular formula is C48H47NS. The SMILES string of the molecule is CC1(C)CCC(C)(C)c2cc(N(c3ccccc3)c3ccc4c(c3)C3(c5ccc(-c6ccccc6)cc5S4)C4CC5CC6CC3C64C5)ccc21. The van der Waals surface area contributed by atoms with Gasteiger partial charge in [-0.2, -0.15) is 0 Å². The third-order valence-corrected chi connectivity index (χ3v) is 16.2. The van der Waals surface area contributed by atoms with Crippen LogP contribution in [-0.4, -0.2) is 0 Å². The fourth-order valence-corrected chi connectivity index (χ4v) is 14.1. The highest BCUT2D eigenvalue weighted by atomic mass is 32.2. The Kier molecular flexibility index (Phi) is 5.97. The summed E-state index contributed by atoms with van der Waals surface area (Å²) < 4.78 is 0. The molecule has 0 amide bonds. The molecule has 2 bridgehead atoms. The summed E-state index contributed by atoms with van der Waals surface area (Å²) in [5.74, 6) is 3.45. The molecule has 50 heavy (non-hydrogen) atoms. The fourth-order valence-electron chi connectivity index (χ4n) is 12.8. The molecule has 6 aliphatic rings. The van der Waals surface area contributed by atoms with Gasteiger partial charge in [-0.05, 0) is 160 Å². The second kappa shape index (κ2) is 9.97. The Morgan fingerprint density at radius 2 is 1.20 bits per heavy atom. The van der Waals surface area contributed by atoms with Crippen LogP contribution in [0.15, 0.2) is 125 Å². The summed E-state index contributed by atoms with van der Waals surface area (Å²) in [5.41, 5.74) is 13.8. The molecule has 2 heteroatoms. The molecule has 5 aromatic rings. The summed E-state index contributed by atoms with van der Waals surface area (Å²) in [5, 5.41) is 0. The van der Waals surface area contributed by atoms with Crippen LogP contribution in [-0.2, 0) is 16.2 Å². The maximum Gasteiger partial charge on any atom is 0.0465 e. The number of benzene rings is 5. The van der Waals surface area contributed by atoms with E-state index in [1.807, 2.05) is 11.8 Å². The molecule has 250 valence electrons. The Morgan fingerprint density at radius 3 is 1.96 bits per heavy atom. The molecule has 2 spiro atoms. The Morgan fingerprint density at radius 1 is 0.540 bits per heavy atom. The number of hydrogen-bond donors (Lipinski definition) is 0. The number of hydrogen-bond acceptors (Lipinski definition) is 2. The number of nitrogens with zero attached hydrogens (tertiary/aromatic N) is 1. The van der Waals surface area contributed by atoms with Crippen LogP contribution in [0.25, 0.3) is 11.1 Å². The van der Waals surface area contributed by atoms with Crippen molar-refractivity contribution in [3.63, 3.8) is 0 Å². The molecule has 0 N–H and O–H groups in total. The van der Waals surface area contributed by atoms with Crippen LogP contribution < -0.4 is 4.90 Å². The van der Waals surface area contributed by atoms with E-state index < -0.39 is 0 Å². The molecule has 1 heterocycles. The van der Waals surface area contributed by atoms with E-state index in [1.165, 1.54) is 87.6 Å². The lowest BCUT2D eigenvalue weighted by Gasteiger charge is -2.78. The van der Waals surface area contributed by atoms with E-state index in [4.69, 9.17) is 0 Å². The molecule has 6 unspecified atom stereocenters. The van der Waals surface area contributed by atoms with Crippen molar-refractivity contribution in [1.82, 2.24) is 0 Å². The molecular weight excluding hydrogens is 623 g/mol. The van der Waals surface area contributed by atoms with E-state index in [2.05, 4.69) is 148 Å². The van der Waals surface area contributed by atoms with Crippen molar-refractivity contribution < 1.29 is 0 Å². The number of para-hydroxylation sites is 1. The highest BCUT2D eigenvalue weighted by molar-refractivity contribution is 7.99. The van der Waals surface area contributed by atoms with Gasteiger partial charge in [-0.15, -0.1) is 0 Å². The Bertz CT molecular complexity index is 2200. The lowest BCUT2D eigenvalue weighted by Crippen LogP contribution is -2.74. The van der Waals surface area contributed by atoms with Crippen LogP contribution in [0.5, 0.6) is 0 Å². The van der Waals surface area contributed by atoms with E-state index >= 15 is 0 Å². The molecule has 5 aliphatic carbocycles. The molecule has 1 aliphatic heterocycles. The van der Waals surface area contributed by atoms with Gasteiger partial charge < -0.3 is 4.90 Å². The first-order valence-corrected chi connectivity index (χ1v) is 20.0. The number of anilines is 3. The van der Waals surface area contributed by atoms with Gasteiger partial charge in [-0.3, -0.25) is 0 Å². The number of fused-ring (bicyclic) bond motifs is 8. The minimum atomic E-state index is 0.122. The monoisotopic (exact) mass is 669 g/mol. The smallest absolute Gasteiger partial charge is 0.0465 e. The summed E-state index contributed by atoms with van der Waals surface area (Å²) in [6, 6.07) is 44.6. The number of rotatable bonds is 4. The molecule has 4 fully saturated rings. The molecule has 1 nitrogen and oxygen atoms in total. The zero-order valence-electron chi connectivity index (χ0n) is 29.9. The summed E-state index contributed by atoms with van der Waals surface area (Å²) in [6.45, 7) is 9.77. The van der Waals surface area contributed by atoms with E-state index in [0.29, 0.717) is 5.41 Å².